The molecule has 0 aromatic heterocycles. The number of amides is 2. The standard InChI is InChI=1S/C37H50N2O9/c1-6-37(2,3)34(42)35(43)39-21-10-8-15-29(39)36(44)48-30(18-16-26-17-19-31(45-4)32(23-26)46-5)27-13-12-14-28(24-27)47-25-33(41)38-20-9-7-11-22-40/h12-14,17,19,22-24,29-30H,6-11,15-16,18,20-21,25H2,1-5H3,(H,38,41)/t29?,30-/m1/s1. The van der Waals surface area contributed by atoms with Crippen molar-refractivity contribution in [1.82, 2.24) is 10.2 Å². The van der Waals surface area contributed by atoms with Crippen molar-refractivity contribution in [2.45, 2.75) is 90.7 Å². The maximum atomic E-state index is 13.8. The van der Waals surface area contributed by atoms with Gasteiger partial charge >= 0.3 is 5.97 Å². The van der Waals surface area contributed by atoms with Gasteiger partial charge in [0.25, 0.3) is 11.8 Å². The first-order valence-corrected chi connectivity index (χ1v) is 16.7. The van der Waals surface area contributed by atoms with Crippen LogP contribution in [0.4, 0.5) is 0 Å². The summed E-state index contributed by atoms with van der Waals surface area (Å²) >= 11 is 0. The Morgan fingerprint density at radius 2 is 1.79 bits per heavy atom. The van der Waals surface area contributed by atoms with Crippen LogP contribution in [0.1, 0.15) is 89.4 Å². The first-order valence-electron chi connectivity index (χ1n) is 16.7. The zero-order valence-corrected chi connectivity index (χ0v) is 28.9. The zero-order valence-electron chi connectivity index (χ0n) is 28.9. The summed E-state index contributed by atoms with van der Waals surface area (Å²) in [4.78, 5) is 64.5. The van der Waals surface area contributed by atoms with E-state index in [1.807, 2.05) is 31.2 Å². The second-order valence-corrected chi connectivity index (χ2v) is 12.6. The molecule has 0 saturated carbocycles. The number of piperidine rings is 1. The Bertz CT molecular complexity index is 1410. The van der Waals surface area contributed by atoms with Gasteiger partial charge in [0.15, 0.2) is 18.1 Å². The van der Waals surface area contributed by atoms with Crippen LogP contribution in [-0.2, 0) is 35.1 Å². The largest absolute Gasteiger partial charge is 0.493 e. The third-order valence-corrected chi connectivity index (χ3v) is 8.80. The fourth-order valence-electron chi connectivity index (χ4n) is 5.43. The van der Waals surface area contributed by atoms with Crippen LogP contribution in [0.2, 0.25) is 0 Å². The zero-order chi connectivity index (χ0) is 35.1. The van der Waals surface area contributed by atoms with E-state index in [1.54, 1.807) is 46.3 Å². The van der Waals surface area contributed by atoms with Gasteiger partial charge in [-0.3, -0.25) is 14.4 Å². The Kier molecular flexibility index (Phi) is 14.9. The molecule has 262 valence electrons. The summed E-state index contributed by atoms with van der Waals surface area (Å²) in [7, 11) is 3.13. The molecule has 48 heavy (non-hydrogen) atoms. The molecule has 2 aromatic rings. The number of benzene rings is 2. The number of unbranched alkanes of at least 4 members (excludes halogenated alkanes) is 2. The van der Waals surface area contributed by atoms with E-state index >= 15 is 0 Å². The molecule has 0 spiro atoms. The number of Topliss-reactive ketones (excluding diaryl/α,β-unsaturated/α-hetero) is 1. The number of ketones is 1. The molecule has 1 aliphatic heterocycles. The van der Waals surface area contributed by atoms with Gasteiger partial charge in [-0.25, -0.2) is 4.79 Å². The maximum Gasteiger partial charge on any atom is 0.329 e. The fraction of sp³-hybridized carbons (Fsp3) is 0.541. The van der Waals surface area contributed by atoms with Crippen molar-refractivity contribution in [2.24, 2.45) is 5.41 Å². The van der Waals surface area contributed by atoms with E-state index in [-0.39, 0.29) is 12.5 Å². The first-order chi connectivity index (χ1) is 23.0. The van der Waals surface area contributed by atoms with Gasteiger partial charge in [0.1, 0.15) is 24.2 Å². The molecular weight excluding hydrogens is 616 g/mol. The number of likely N-dealkylation sites (tertiary alicyclic amines) is 1. The van der Waals surface area contributed by atoms with Crippen LogP contribution in [0.15, 0.2) is 42.5 Å². The summed E-state index contributed by atoms with van der Waals surface area (Å²) in [5.74, 6) is -0.405. The van der Waals surface area contributed by atoms with Crippen molar-refractivity contribution in [3.63, 3.8) is 0 Å². The van der Waals surface area contributed by atoms with Gasteiger partial charge in [0, 0.05) is 24.9 Å². The number of nitrogens with one attached hydrogen (secondary N) is 1. The highest BCUT2D eigenvalue weighted by Crippen LogP contribution is 2.32. The molecular formula is C37H50N2O9. The summed E-state index contributed by atoms with van der Waals surface area (Å²) in [6.07, 6.45) is 5.25. The van der Waals surface area contributed by atoms with Crippen LogP contribution in [0.25, 0.3) is 0 Å². The molecule has 1 heterocycles. The number of esters is 1. The summed E-state index contributed by atoms with van der Waals surface area (Å²) < 4.78 is 22.8. The van der Waals surface area contributed by atoms with Crippen molar-refractivity contribution in [3.05, 3.63) is 53.6 Å². The quantitative estimate of drug-likeness (QED) is 0.0932. The van der Waals surface area contributed by atoms with Gasteiger partial charge in [-0.15, -0.1) is 0 Å². The van der Waals surface area contributed by atoms with Crippen molar-refractivity contribution in [2.75, 3.05) is 33.9 Å². The highest BCUT2D eigenvalue weighted by atomic mass is 16.5. The van der Waals surface area contributed by atoms with E-state index in [9.17, 15) is 24.0 Å². The van der Waals surface area contributed by atoms with Crippen LogP contribution < -0.4 is 19.5 Å². The molecule has 1 N–H and O–H groups in total. The molecule has 11 nitrogen and oxygen atoms in total. The maximum absolute atomic E-state index is 13.8. The number of methoxy groups -OCH3 is 2. The number of hydrogen-bond acceptors (Lipinski definition) is 9. The molecule has 1 fully saturated rings. The smallest absolute Gasteiger partial charge is 0.329 e. The van der Waals surface area contributed by atoms with Gasteiger partial charge in [0.2, 0.25) is 5.78 Å². The molecule has 0 aliphatic carbocycles. The lowest BCUT2D eigenvalue weighted by molar-refractivity contribution is -0.164. The minimum absolute atomic E-state index is 0.200. The number of nitrogens with zero attached hydrogens (tertiary/aromatic N) is 1. The van der Waals surface area contributed by atoms with Crippen molar-refractivity contribution < 1.29 is 42.9 Å². The highest BCUT2D eigenvalue weighted by Gasteiger charge is 2.41. The third-order valence-electron chi connectivity index (χ3n) is 8.80. The van der Waals surface area contributed by atoms with Crippen LogP contribution in [0, 0.1) is 5.41 Å². The summed E-state index contributed by atoms with van der Waals surface area (Å²) in [5, 5.41) is 2.78. The van der Waals surface area contributed by atoms with Crippen LogP contribution in [0.5, 0.6) is 17.2 Å². The Morgan fingerprint density at radius 1 is 1.02 bits per heavy atom. The monoisotopic (exact) mass is 666 g/mol. The van der Waals surface area contributed by atoms with Crippen molar-refractivity contribution in [1.29, 1.82) is 0 Å². The van der Waals surface area contributed by atoms with Gasteiger partial charge in [-0.05, 0) is 86.8 Å². The van der Waals surface area contributed by atoms with Crippen molar-refractivity contribution >= 4 is 29.9 Å². The molecule has 2 atom stereocenters. The summed E-state index contributed by atoms with van der Waals surface area (Å²) in [6, 6.07) is 11.8. The number of carbonyl (C=O) groups is 5. The van der Waals surface area contributed by atoms with Gasteiger partial charge in [-0.2, -0.15) is 0 Å². The predicted octanol–water partition coefficient (Wildman–Crippen LogP) is 5.17. The molecule has 0 radical (unpaired) electrons. The van der Waals surface area contributed by atoms with Crippen LogP contribution in [0.3, 0.4) is 0 Å². The molecule has 3 rings (SSSR count). The average molecular weight is 667 g/mol. The van der Waals surface area contributed by atoms with E-state index in [0.29, 0.717) is 87.3 Å². The van der Waals surface area contributed by atoms with Crippen LogP contribution >= 0.6 is 0 Å². The van der Waals surface area contributed by atoms with E-state index < -0.39 is 35.2 Å². The Morgan fingerprint density at radius 3 is 2.50 bits per heavy atom. The lowest BCUT2D eigenvalue weighted by Crippen LogP contribution is -2.53. The Hall–Kier alpha value is -4.41. The minimum Gasteiger partial charge on any atom is -0.493 e. The molecule has 11 heteroatoms. The second kappa shape index (κ2) is 18.8. The third kappa shape index (κ3) is 10.8. The number of aldehydes is 1. The minimum atomic E-state index is -0.874. The van der Waals surface area contributed by atoms with Gasteiger partial charge in [0.05, 0.1) is 14.2 Å². The molecule has 1 unspecified atom stereocenters. The SMILES string of the molecule is CCC(C)(C)C(=O)C(=O)N1CCCCC1C(=O)O[C@H](CCc1ccc(OC)c(OC)c1)c1cccc(OCC(=O)NCCCCC=O)c1. The number of rotatable bonds is 19. The van der Waals surface area contributed by atoms with Crippen LogP contribution in [-0.4, -0.2) is 74.7 Å². The number of hydrogen-bond donors (Lipinski definition) is 1. The molecule has 1 saturated heterocycles. The Labute approximate surface area is 283 Å². The topological polar surface area (TPSA) is 138 Å². The Balaban J connectivity index is 1.80. The predicted molar refractivity (Wildman–Crippen MR) is 180 cm³/mol. The number of ether oxygens (including phenoxy) is 4. The van der Waals surface area contributed by atoms with Gasteiger partial charge < -0.3 is 34.0 Å². The first kappa shape index (κ1) is 38.0. The number of carbonyl (C=O) groups excluding carboxylic acids is 5. The fourth-order valence-corrected chi connectivity index (χ4v) is 5.43. The van der Waals surface area contributed by atoms with Crippen molar-refractivity contribution in [3.8, 4) is 17.2 Å². The van der Waals surface area contributed by atoms with Gasteiger partial charge in [-0.1, -0.05) is 39.0 Å². The molecule has 2 amide bonds. The lowest BCUT2D eigenvalue weighted by Gasteiger charge is -2.36. The molecule has 1 aliphatic rings. The second-order valence-electron chi connectivity index (χ2n) is 12.6. The lowest BCUT2D eigenvalue weighted by atomic mass is 9.84. The van der Waals surface area contributed by atoms with E-state index in [2.05, 4.69) is 5.32 Å². The van der Waals surface area contributed by atoms with E-state index in [0.717, 1.165) is 18.3 Å². The van der Waals surface area contributed by atoms with E-state index in [4.69, 9.17) is 18.9 Å². The summed E-state index contributed by atoms with van der Waals surface area (Å²) in [6.45, 7) is 5.90. The molecule has 0 bridgehead atoms. The van der Waals surface area contributed by atoms with E-state index in [1.165, 1.54) is 4.90 Å². The summed E-state index contributed by atoms with van der Waals surface area (Å²) in [5.41, 5.74) is 0.763. The average Bonchev–Trinajstić information content (AvgIpc) is 3.11. The normalized spacial score (nSPS) is 15.2. The molecule has 2 aromatic carbocycles. The number of aryl methyl sites for hydroxylation is 1. The highest BCUT2D eigenvalue weighted by molar-refractivity contribution is 6.38.